The minimum absolute atomic E-state index is 0.00648. The molecule has 1 aromatic rings. The molecule has 0 fully saturated rings. The lowest BCUT2D eigenvalue weighted by molar-refractivity contribution is -0.113. The molecule has 1 aliphatic heterocycles. The topological polar surface area (TPSA) is 34.1 Å². The predicted molar refractivity (Wildman–Crippen MR) is 76.4 cm³/mol. The van der Waals surface area contributed by atoms with Gasteiger partial charge in [-0.15, -0.1) is 23.5 Å². The van der Waals surface area contributed by atoms with Crippen LogP contribution in [0.1, 0.15) is 5.56 Å². The molecular weight excluding hydrogens is 264 g/mol. The molecule has 3 rings (SSSR count). The van der Waals surface area contributed by atoms with Crippen LogP contribution in [0.15, 0.2) is 46.2 Å². The Hall–Kier alpha value is -1.26. The zero-order chi connectivity index (χ0) is 12.5. The van der Waals surface area contributed by atoms with Crippen LogP contribution < -0.4 is 0 Å². The number of Topliss-reactive ketones (excluding diaryl/α,β-unsaturated/α-hetero) is 1. The van der Waals surface area contributed by atoms with E-state index in [0.29, 0.717) is 15.4 Å². The van der Waals surface area contributed by atoms with Gasteiger partial charge in [0, 0.05) is 17.1 Å². The van der Waals surface area contributed by atoms with E-state index in [4.69, 9.17) is 0 Å². The standard InChI is InChI=1S/C14H10O2S2/c15-11-8-10(9-4-2-1-3-5-9)12(16)14-13(11)17-6-7-18-14/h1-5,8H,6-7H2. The van der Waals surface area contributed by atoms with Crippen LogP contribution in [0, 0.1) is 0 Å². The Morgan fingerprint density at radius 1 is 0.889 bits per heavy atom. The molecule has 1 heterocycles. The quantitative estimate of drug-likeness (QED) is 0.737. The van der Waals surface area contributed by atoms with Crippen LogP contribution in [0.5, 0.6) is 0 Å². The van der Waals surface area contributed by atoms with Gasteiger partial charge in [-0.25, -0.2) is 0 Å². The van der Waals surface area contributed by atoms with Crippen molar-refractivity contribution < 1.29 is 9.59 Å². The summed E-state index contributed by atoms with van der Waals surface area (Å²) < 4.78 is 0. The van der Waals surface area contributed by atoms with Crippen molar-refractivity contribution >= 4 is 40.7 Å². The third-order valence-electron chi connectivity index (χ3n) is 2.82. The van der Waals surface area contributed by atoms with Crippen LogP contribution in [-0.2, 0) is 9.59 Å². The van der Waals surface area contributed by atoms with Crippen LogP contribution in [-0.4, -0.2) is 23.1 Å². The highest BCUT2D eigenvalue weighted by Gasteiger charge is 2.31. The maximum Gasteiger partial charge on any atom is 0.201 e. The van der Waals surface area contributed by atoms with Crippen LogP contribution in [0.2, 0.25) is 0 Å². The summed E-state index contributed by atoms with van der Waals surface area (Å²) in [6.45, 7) is 0. The fraction of sp³-hybridized carbons (Fsp3) is 0.143. The first kappa shape index (κ1) is 11.8. The van der Waals surface area contributed by atoms with Gasteiger partial charge in [0.1, 0.15) is 0 Å². The van der Waals surface area contributed by atoms with Crippen molar-refractivity contribution in [2.24, 2.45) is 0 Å². The number of carbonyl (C=O) groups excluding carboxylic acids is 2. The molecule has 0 bridgehead atoms. The summed E-state index contributed by atoms with van der Waals surface area (Å²) in [6.07, 6.45) is 1.48. The first-order chi connectivity index (χ1) is 8.77. The van der Waals surface area contributed by atoms with Crippen LogP contribution >= 0.6 is 23.5 Å². The molecule has 0 amide bonds. The monoisotopic (exact) mass is 274 g/mol. The van der Waals surface area contributed by atoms with Gasteiger partial charge in [0.25, 0.3) is 0 Å². The molecule has 0 aromatic heterocycles. The van der Waals surface area contributed by atoms with E-state index in [1.54, 1.807) is 0 Å². The van der Waals surface area contributed by atoms with E-state index < -0.39 is 0 Å². The fourth-order valence-corrected chi connectivity index (χ4v) is 4.31. The lowest BCUT2D eigenvalue weighted by Gasteiger charge is -2.21. The zero-order valence-corrected chi connectivity index (χ0v) is 11.1. The molecule has 1 aliphatic carbocycles. The molecule has 2 nitrogen and oxygen atoms in total. The SMILES string of the molecule is O=C1C=C(c2ccccc2)C(=O)C2=C1SCCS2. The van der Waals surface area contributed by atoms with Crippen molar-refractivity contribution in [2.75, 3.05) is 11.5 Å². The number of rotatable bonds is 1. The van der Waals surface area contributed by atoms with Crippen molar-refractivity contribution in [3.05, 3.63) is 51.8 Å². The molecule has 0 saturated heterocycles. The minimum atomic E-state index is -0.0272. The van der Waals surface area contributed by atoms with Gasteiger partial charge < -0.3 is 0 Å². The Labute approximate surface area is 114 Å². The highest BCUT2D eigenvalue weighted by molar-refractivity contribution is 8.11. The summed E-state index contributed by atoms with van der Waals surface area (Å²) in [6, 6.07) is 9.38. The number of hydrogen-bond acceptors (Lipinski definition) is 4. The van der Waals surface area contributed by atoms with Gasteiger partial charge in [-0.3, -0.25) is 9.59 Å². The minimum Gasteiger partial charge on any atom is -0.289 e. The Bertz CT molecular complexity index is 585. The Balaban J connectivity index is 2.05. The predicted octanol–water partition coefficient (Wildman–Crippen LogP) is 2.91. The van der Waals surface area contributed by atoms with Gasteiger partial charge in [-0.1, -0.05) is 30.3 Å². The van der Waals surface area contributed by atoms with Gasteiger partial charge in [0.15, 0.2) is 5.78 Å². The number of hydrogen-bond donors (Lipinski definition) is 0. The largest absolute Gasteiger partial charge is 0.289 e. The molecule has 0 saturated carbocycles. The molecular formula is C14H10O2S2. The van der Waals surface area contributed by atoms with E-state index in [1.807, 2.05) is 30.3 Å². The Morgan fingerprint density at radius 3 is 2.28 bits per heavy atom. The zero-order valence-electron chi connectivity index (χ0n) is 9.51. The summed E-state index contributed by atoms with van der Waals surface area (Å²) >= 11 is 3.01. The van der Waals surface area contributed by atoms with Crippen molar-refractivity contribution in [2.45, 2.75) is 0 Å². The molecule has 1 aromatic carbocycles. The molecule has 0 atom stereocenters. The van der Waals surface area contributed by atoms with Gasteiger partial charge in [-0.2, -0.15) is 0 Å². The smallest absolute Gasteiger partial charge is 0.201 e. The molecule has 0 unspecified atom stereocenters. The third kappa shape index (κ3) is 1.95. The summed E-state index contributed by atoms with van der Waals surface area (Å²) in [5.41, 5.74) is 1.34. The first-order valence-electron chi connectivity index (χ1n) is 5.63. The molecule has 18 heavy (non-hydrogen) atoms. The van der Waals surface area contributed by atoms with Crippen molar-refractivity contribution in [3.63, 3.8) is 0 Å². The first-order valence-corrected chi connectivity index (χ1v) is 7.60. The molecule has 0 N–H and O–H groups in total. The van der Waals surface area contributed by atoms with E-state index in [-0.39, 0.29) is 11.6 Å². The van der Waals surface area contributed by atoms with Crippen LogP contribution in [0.3, 0.4) is 0 Å². The normalized spacial score (nSPS) is 19.7. The van der Waals surface area contributed by atoms with Crippen LogP contribution in [0.25, 0.3) is 5.57 Å². The highest BCUT2D eigenvalue weighted by Crippen LogP contribution is 2.41. The van der Waals surface area contributed by atoms with E-state index in [0.717, 1.165) is 17.1 Å². The van der Waals surface area contributed by atoms with E-state index >= 15 is 0 Å². The Morgan fingerprint density at radius 2 is 1.56 bits per heavy atom. The van der Waals surface area contributed by atoms with Gasteiger partial charge in [0.2, 0.25) is 5.78 Å². The number of carbonyl (C=O) groups is 2. The van der Waals surface area contributed by atoms with Crippen molar-refractivity contribution in [3.8, 4) is 0 Å². The van der Waals surface area contributed by atoms with E-state index in [2.05, 4.69) is 0 Å². The maximum atomic E-state index is 12.4. The van der Waals surface area contributed by atoms with E-state index in [1.165, 1.54) is 29.6 Å². The number of benzene rings is 1. The maximum absolute atomic E-state index is 12.4. The molecule has 0 spiro atoms. The molecule has 4 heteroatoms. The lowest BCUT2D eigenvalue weighted by atomic mass is 9.96. The van der Waals surface area contributed by atoms with Crippen LogP contribution in [0.4, 0.5) is 0 Å². The summed E-state index contributed by atoms with van der Waals surface area (Å²) in [5.74, 6) is 1.76. The summed E-state index contributed by atoms with van der Waals surface area (Å²) in [4.78, 5) is 25.7. The van der Waals surface area contributed by atoms with Crippen molar-refractivity contribution in [1.82, 2.24) is 0 Å². The summed E-state index contributed by atoms with van der Waals surface area (Å²) in [5, 5.41) is 0. The molecule has 0 radical (unpaired) electrons. The highest BCUT2D eigenvalue weighted by atomic mass is 32.2. The van der Waals surface area contributed by atoms with Crippen molar-refractivity contribution in [1.29, 1.82) is 0 Å². The Kier molecular flexibility index (Phi) is 3.14. The summed E-state index contributed by atoms with van der Waals surface area (Å²) in [7, 11) is 0. The second kappa shape index (κ2) is 4.78. The number of ketones is 2. The lowest BCUT2D eigenvalue weighted by Crippen LogP contribution is -2.18. The van der Waals surface area contributed by atoms with Gasteiger partial charge in [-0.05, 0) is 11.6 Å². The number of allylic oxidation sites excluding steroid dienone is 4. The van der Waals surface area contributed by atoms with Gasteiger partial charge >= 0.3 is 0 Å². The van der Waals surface area contributed by atoms with E-state index in [9.17, 15) is 9.59 Å². The molecule has 2 aliphatic rings. The second-order valence-corrected chi connectivity index (χ2v) is 6.18. The average molecular weight is 274 g/mol. The third-order valence-corrected chi connectivity index (χ3v) is 5.39. The fourth-order valence-electron chi connectivity index (χ4n) is 1.99. The number of thioether (sulfide) groups is 2. The average Bonchev–Trinajstić information content (AvgIpc) is 2.44. The van der Waals surface area contributed by atoms with Gasteiger partial charge in [0.05, 0.1) is 9.81 Å². The second-order valence-electron chi connectivity index (χ2n) is 3.97. The molecule has 90 valence electrons.